The molecular formula is C9H10ClN3. The minimum atomic E-state index is 0.495. The molecule has 0 saturated carbocycles. The molecule has 3 nitrogen and oxygen atoms in total. The Labute approximate surface area is 81.1 Å². The van der Waals surface area contributed by atoms with Crippen molar-refractivity contribution in [2.75, 3.05) is 0 Å². The van der Waals surface area contributed by atoms with Gasteiger partial charge in [-0.25, -0.2) is 0 Å². The molecule has 4 heteroatoms. The summed E-state index contributed by atoms with van der Waals surface area (Å²) in [5, 5.41) is 6.08. The molecule has 1 aromatic carbocycles. The molecule has 0 atom stereocenters. The topological polar surface area (TPSA) is 43.8 Å². The fraction of sp³-hybridized carbons (Fsp3) is 0.222. The van der Waals surface area contributed by atoms with Crippen molar-refractivity contribution in [1.29, 1.82) is 0 Å². The molecule has 0 aliphatic heterocycles. The van der Waals surface area contributed by atoms with Gasteiger partial charge in [-0.05, 0) is 18.2 Å². The Kier molecular flexibility index (Phi) is 1.98. The fourth-order valence-corrected chi connectivity index (χ4v) is 1.64. The van der Waals surface area contributed by atoms with Gasteiger partial charge in [0.1, 0.15) is 0 Å². The van der Waals surface area contributed by atoms with Crippen LogP contribution in [0.15, 0.2) is 18.2 Å². The smallest absolute Gasteiger partial charge is 0.0941 e. The van der Waals surface area contributed by atoms with Crippen molar-refractivity contribution in [3.05, 3.63) is 28.9 Å². The first-order chi connectivity index (χ1) is 6.22. The summed E-state index contributed by atoms with van der Waals surface area (Å²) in [7, 11) is 1.89. The highest BCUT2D eigenvalue weighted by atomic mass is 35.5. The number of aryl methyl sites for hydroxylation is 1. The zero-order chi connectivity index (χ0) is 9.42. The van der Waals surface area contributed by atoms with Crippen LogP contribution in [0.1, 0.15) is 5.69 Å². The van der Waals surface area contributed by atoms with Crippen LogP contribution in [-0.2, 0) is 13.6 Å². The number of fused-ring (bicyclic) bond motifs is 1. The normalized spacial score (nSPS) is 11.0. The number of nitrogens with zero attached hydrogens (tertiary/aromatic N) is 2. The van der Waals surface area contributed by atoms with Gasteiger partial charge < -0.3 is 5.73 Å². The Morgan fingerprint density at radius 3 is 3.00 bits per heavy atom. The largest absolute Gasteiger partial charge is 0.325 e. The van der Waals surface area contributed by atoms with Crippen LogP contribution in [0, 0.1) is 0 Å². The van der Waals surface area contributed by atoms with Gasteiger partial charge in [0.15, 0.2) is 0 Å². The second kappa shape index (κ2) is 3.01. The van der Waals surface area contributed by atoms with Crippen LogP contribution in [-0.4, -0.2) is 9.78 Å². The standard InChI is InChI=1S/C9H10ClN3/c1-13-9(5-11)7-3-2-6(10)4-8(7)12-13/h2-4H,5,11H2,1H3. The molecule has 68 valence electrons. The number of hydrogen-bond acceptors (Lipinski definition) is 2. The van der Waals surface area contributed by atoms with Gasteiger partial charge in [-0.2, -0.15) is 5.10 Å². The van der Waals surface area contributed by atoms with Gasteiger partial charge in [0, 0.05) is 24.0 Å². The molecule has 0 aliphatic carbocycles. The second-order valence-electron chi connectivity index (χ2n) is 2.94. The molecule has 13 heavy (non-hydrogen) atoms. The first-order valence-electron chi connectivity index (χ1n) is 4.03. The van der Waals surface area contributed by atoms with E-state index in [9.17, 15) is 0 Å². The third kappa shape index (κ3) is 1.30. The fourth-order valence-electron chi connectivity index (χ4n) is 1.47. The van der Waals surface area contributed by atoms with Crippen LogP contribution >= 0.6 is 11.6 Å². The van der Waals surface area contributed by atoms with E-state index < -0.39 is 0 Å². The number of hydrogen-bond donors (Lipinski definition) is 1. The molecule has 1 heterocycles. The first kappa shape index (κ1) is 8.53. The van der Waals surface area contributed by atoms with E-state index in [1.807, 2.05) is 25.2 Å². The molecule has 0 fully saturated rings. The van der Waals surface area contributed by atoms with Crippen molar-refractivity contribution in [3.63, 3.8) is 0 Å². The minimum Gasteiger partial charge on any atom is -0.325 e. The molecule has 0 amide bonds. The average molecular weight is 196 g/mol. The van der Waals surface area contributed by atoms with Crippen LogP contribution in [0.4, 0.5) is 0 Å². The quantitative estimate of drug-likeness (QED) is 0.753. The van der Waals surface area contributed by atoms with E-state index in [0.29, 0.717) is 11.6 Å². The van der Waals surface area contributed by atoms with Gasteiger partial charge >= 0.3 is 0 Å². The molecule has 0 unspecified atom stereocenters. The lowest BCUT2D eigenvalue weighted by Gasteiger charge is -1.96. The molecular weight excluding hydrogens is 186 g/mol. The second-order valence-corrected chi connectivity index (χ2v) is 3.37. The van der Waals surface area contributed by atoms with Crippen molar-refractivity contribution < 1.29 is 0 Å². The van der Waals surface area contributed by atoms with Gasteiger partial charge in [-0.1, -0.05) is 11.6 Å². The van der Waals surface area contributed by atoms with Crippen molar-refractivity contribution in [1.82, 2.24) is 9.78 Å². The van der Waals surface area contributed by atoms with Crippen LogP contribution in [0.25, 0.3) is 10.9 Å². The lowest BCUT2D eigenvalue weighted by molar-refractivity contribution is 0.722. The number of aromatic nitrogens is 2. The zero-order valence-corrected chi connectivity index (χ0v) is 8.04. The summed E-state index contributed by atoms with van der Waals surface area (Å²) >= 11 is 5.84. The molecule has 2 N–H and O–H groups in total. The van der Waals surface area contributed by atoms with Crippen molar-refractivity contribution in [2.24, 2.45) is 12.8 Å². The Bertz CT molecular complexity index is 447. The Morgan fingerprint density at radius 2 is 2.31 bits per heavy atom. The summed E-state index contributed by atoms with van der Waals surface area (Å²) in [6.07, 6.45) is 0. The van der Waals surface area contributed by atoms with Crippen LogP contribution < -0.4 is 5.73 Å². The van der Waals surface area contributed by atoms with Crippen LogP contribution in [0.2, 0.25) is 5.02 Å². The van der Waals surface area contributed by atoms with E-state index in [2.05, 4.69) is 5.10 Å². The summed E-state index contributed by atoms with van der Waals surface area (Å²) in [6, 6.07) is 5.65. The summed E-state index contributed by atoms with van der Waals surface area (Å²) < 4.78 is 1.79. The lowest BCUT2D eigenvalue weighted by atomic mass is 10.2. The number of rotatable bonds is 1. The lowest BCUT2D eigenvalue weighted by Crippen LogP contribution is -2.04. The maximum absolute atomic E-state index is 5.84. The molecule has 0 bridgehead atoms. The van der Waals surface area contributed by atoms with E-state index in [0.717, 1.165) is 16.6 Å². The molecule has 0 spiro atoms. The van der Waals surface area contributed by atoms with Gasteiger partial charge in [0.25, 0.3) is 0 Å². The number of benzene rings is 1. The number of nitrogens with two attached hydrogens (primary N) is 1. The maximum Gasteiger partial charge on any atom is 0.0941 e. The van der Waals surface area contributed by atoms with E-state index in [-0.39, 0.29) is 0 Å². The Hall–Kier alpha value is -1.06. The highest BCUT2D eigenvalue weighted by molar-refractivity contribution is 6.31. The van der Waals surface area contributed by atoms with Crippen LogP contribution in [0.5, 0.6) is 0 Å². The molecule has 0 saturated heterocycles. The van der Waals surface area contributed by atoms with Gasteiger partial charge in [-0.15, -0.1) is 0 Å². The summed E-state index contributed by atoms with van der Waals surface area (Å²) in [4.78, 5) is 0. The van der Waals surface area contributed by atoms with Gasteiger partial charge in [0.05, 0.1) is 11.2 Å². The van der Waals surface area contributed by atoms with E-state index in [1.165, 1.54) is 0 Å². The predicted molar refractivity (Wildman–Crippen MR) is 53.6 cm³/mol. The number of halogens is 1. The zero-order valence-electron chi connectivity index (χ0n) is 7.29. The van der Waals surface area contributed by atoms with Crippen molar-refractivity contribution in [3.8, 4) is 0 Å². The van der Waals surface area contributed by atoms with Gasteiger partial charge in [-0.3, -0.25) is 4.68 Å². The van der Waals surface area contributed by atoms with Crippen molar-refractivity contribution >= 4 is 22.5 Å². The molecule has 2 rings (SSSR count). The van der Waals surface area contributed by atoms with E-state index in [4.69, 9.17) is 17.3 Å². The molecule has 0 aliphatic rings. The Morgan fingerprint density at radius 1 is 1.54 bits per heavy atom. The summed E-state index contributed by atoms with van der Waals surface area (Å²) in [5.41, 5.74) is 7.54. The highest BCUT2D eigenvalue weighted by Crippen LogP contribution is 2.21. The van der Waals surface area contributed by atoms with Crippen LogP contribution in [0.3, 0.4) is 0 Å². The predicted octanol–water partition coefficient (Wildman–Crippen LogP) is 1.69. The minimum absolute atomic E-state index is 0.495. The maximum atomic E-state index is 5.84. The average Bonchev–Trinajstić information content (AvgIpc) is 2.39. The van der Waals surface area contributed by atoms with E-state index in [1.54, 1.807) is 4.68 Å². The molecule has 0 radical (unpaired) electrons. The summed E-state index contributed by atoms with van der Waals surface area (Å²) in [5.74, 6) is 0. The van der Waals surface area contributed by atoms with Crippen molar-refractivity contribution in [2.45, 2.75) is 6.54 Å². The summed E-state index contributed by atoms with van der Waals surface area (Å²) in [6.45, 7) is 0.495. The first-order valence-corrected chi connectivity index (χ1v) is 4.41. The SMILES string of the molecule is Cn1nc2cc(Cl)ccc2c1CN. The third-order valence-corrected chi connectivity index (χ3v) is 2.35. The Balaban J connectivity index is 2.79. The van der Waals surface area contributed by atoms with Gasteiger partial charge in [0.2, 0.25) is 0 Å². The molecule has 2 aromatic rings. The van der Waals surface area contributed by atoms with E-state index >= 15 is 0 Å². The monoisotopic (exact) mass is 195 g/mol. The highest BCUT2D eigenvalue weighted by Gasteiger charge is 2.06. The third-order valence-electron chi connectivity index (χ3n) is 2.11. The molecule has 1 aromatic heterocycles.